The van der Waals surface area contributed by atoms with Crippen LogP contribution in [0.25, 0.3) is 11.0 Å². The number of nitrogens with one attached hydrogen (secondary N) is 1. The van der Waals surface area contributed by atoms with Crippen LogP contribution in [0.3, 0.4) is 0 Å². The zero-order valence-corrected chi connectivity index (χ0v) is 17.2. The van der Waals surface area contributed by atoms with Gasteiger partial charge in [-0.25, -0.2) is 4.98 Å². The van der Waals surface area contributed by atoms with Crippen LogP contribution in [-0.4, -0.2) is 31.9 Å². The van der Waals surface area contributed by atoms with E-state index < -0.39 is 0 Å². The van der Waals surface area contributed by atoms with Gasteiger partial charge < -0.3 is 10.7 Å². The molecule has 1 aromatic carbocycles. The zero-order chi connectivity index (χ0) is 20.2. The van der Waals surface area contributed by atoms with Gasteiger partial charge in [0, 0.05) is 24.8 Å². The number of hydrogen-bond acceptors (Lipinski definition) is 4. The molecule has 0 saturated heterocycles. The molecule has 1 aliphatic carbocycles. The molecule has 3 N–H and O–H groups in total. The molecule has 0 aliphatic heterocycles. The summed E-state index contributed by atoms with van der Waals surface area (Å²) in [5, 5.41) is 0. The molecule has 5 nitrogen and oxygen atoms in total. The summed E-state index contributed by atoms with van der Waals surface area (Å²) in [6, 6.07) is 13.3. The first-order valence-corrected chi connectivity index (χ1v) is 10.6. The lowest BCUT2D eigenvalue weighted by molar-refractivity contribution is 0.0860. The van der Waals surface area contributed by atoms with E-state index in [4.69, 9.17) is 10.7 Å². The molecule has 0 amide bonds. The summed E-state index contributed by atoms with van der Waals surface area (Å²) in [6.45, 7) is 6.99. The highest BCUT2D eigenvalue weighted by molar-refractivity contribution is 5.74. The first-order valence-electron chi connectivity index (χ1n) is 10.6. The summed E-state index contributed by atoms with van der Waals surface area (Å²) < 4.78 is 0. The number of benzene rings is 1. The van der Waals surface area contributed by atoms with E-state index in [9.17, 15) is 0 Å². The Morgan fingerprint density at radius 2 is 2.00 bits per heavy atom. The van der Waals surface area contributed by atoms with Crippen LogP contribution < -0.4 is 5.73 Å². The van der Waals surface area contributed by atoms with E-state index in [-0.39, 0.29) is 6.04 Å². The molecule has 1 unspecified atom stereocenters. The number of hydrogen-bond donors (Lipinski definition) is 2. The van der Waals surface area contributed by atoms with Crippen LogP contribution in [0.4, 0.5) is 0 Å². The molecule has 4 rings (SSSR count). The predicted octanol–water partition coefficient (Wildman–Crippen LogP) is 4.66. The Morgan fingerprint density at radius 1 is 1.21 bits per heavy atom. The van der Waals surface area contributed by atoms with Crippen molar-refractivity contribution >= 4 is 11.0 Å². The van der Waals surface area contributed by atoms with Crippen LogP contribution in [0.5, 0.6) is 0 Å². The van der Waals surface area contributed by atoms with Crippen LogP contribution in [0.2, 0.25) is 0 Å². The number of aromatic amines is 1. The average molecular weight is 390 g/mol. The summed E-state index contributed by atoms with van der Waals surface area (Å²) >= 11 is 0. The normalized spacial score (nSPS) is 20.8. The zero-order valence-electron chi connectivity index (χ0n) is 17.2. The van der Waals surface area contributed by atoms with Gasteiger partial charge in [-0.1, -0.05) is 24.3 Å². The highest BCUT2D eigenvalue weighted by atomic mass is 15.2. The van der Waals surface area contributed by atoms with Crippen molar-refractivity contribution in [2.75, 3.05) is 0 Å². The minimum absolute atomic E-state index is 0.139. The highest BCUT2D eigenvalue weighted by Crippen LogP contribution is 2.33. The molecule has 2 aromatic heterocycles. The average Bonchev–Trinajstić information content (AvgIpc) is 3.16. The Labute approximate surface area is 173 Å². The Morgan fingerprint density at radius 3 is 2.72 bits per heavy atom. The summed E-state index contributed by atoms with van der Waals surface area (Å²) in [5.74, 6) is 1.01. The largest absolute Gasteiger partial charge is 0.341 e. The van der Waals surface area contributed by atoms with Gasteiger partial charge in [-0.3, -0.25) is 9.88 Å². The smallest absolute Gasteiger partial charge is 0.125 e. The Bertz CT molecular complexity index is 922. The van der Waals surface area contributed by atoms with Crippen LogP contribution in [0.1, 0.15) is 55.2 Å². The maximum atomic E-state index is 6.21. The fourth-order valence-electron chi connectivity index (χ4n) is 4.48. The topological polar surface area (TPSA) is 70.8 Å². The molecule has 1 saturated carbocycles. The summed E-state index contributed by atoms with van der Waals surface area (Å²) in [7, 11) is 0. The molecule has 152 valence electrons. The molecule has 5 heteroatoms. The molecule has 29 heavy (non-hydrogen) atoms. The third kappa shape index (κ3) is 4.41. The highest BCUT2D eigenvalue weighted by Gasteiger charge is 2.32. The van der Waals surface area contributed by atoms with Gasteiger partial charge in [0.15, 0.2) is 0 Å². The van der Waals surface area contributed by atoms with Crippen molar-refractivity contribution in [1.82, 2.24) is 19.9 Å². The van der Waals surface area contributed by atoms with Crippen molar-refractivity contribution in [1.29, 1.82) is 0 Å². The van der Waals surface area contributed by atoms with Crippen molar-refractivity contribution in [3.8, 4) is 0 Å². The van der Waals surface area contributed by atoms with Crippen LogP contribution >= 0.6 is 0 Å². The SMILES string of the molecule is C=CCC(c1nc2ccccc2[nH]1)N(Cc1ncccc1C)C1CCC(N)CC1. The molecule has 0 bridgehead atoms. The van der Waals surface area contributed by atoms with Crippen LogP contribution in [0, 0.1) is 6.92 Å². The quantitative estimate of drug-likeness (QED) is 0.577. The molecule has 0 spiro atoms. The Kier molecular flexibility index (Phi) is 6.07. The van der Waals surface area contributed by atoms with Crippen molar-refractivity contribution in [3.63, 3.8) is 0 Å². The third-order valence-electron chi connectivity index (χ3n) is 6.17. The number of nitrogens with two attached hydrogens (primary N) is 1. The molecule has 1 atom stereocenters. The monoisotopic (exact) mass is 389 g/mol. The van der Waals surface area contributed by atoms with Gasteiger partial charge in [-0.05, 0) is 62.8 Å². The van der Waals surface area contributed by atoms with E-state index in [1.54, 1.807) is 0 Å². The van der Waals surface area contributed by atoms with E-state index in [1.807, 2.05) is 30.5 Å². The van der Waals surface area contributed by atoms with Gasteiger partial charge in [-0.2, -0.15) is 0 Å². The van der Waals surface area contributed by atoms with E-state index in [0.29, 0.717) is 12.1 Å². The fourth-order valence-corrected chi connectivity index (χ4v) is 4.48. The predicted molar refractivity (Wildman–Crippen MR) is 118 cm³/mol. The summed E-state index contributed by atoms with van der Waals surface area (Å²) in [5.41, 5.74) is 10.7. The number of rotatable bonds is 7. The molecule has 1 aliphatic rings. The van der Waals surface area contributed by atoms with Crippen LogP contribution in [-0.2, 0) is 6.54 Å². The van der Waals surface area contributed by atoms with E-state index in [2.05, 4.69) is 46.6 Å². The van der Waals surface area contributed by atoms with Gasteiger partial charge in [0.2, 0.25) is 0 Å². The second kappa shape index (κ2) is 8.89. The first kappa shape index (κ1) is 19.8. The maximum absolute atomic E-state index is 6.21. The third-order valence-corrected chi connectivity index (χ3v) is 6.17. The molecule has 3 aromatic rings. The van der Waals surface area contributed by atoms with Crippen molar-refractivity contribution in [3.05, 3.63) is 72.3 Å². The van der Waals surface area contributed by atoms with E-state index in [0.717, 1.165) is 61.2 Å². The number of aromatic nitrogens is 3. The Balaban J connectivity index is 1.71. The summed E-state index contributed by atoms with van der Waals surface area (Å²) in [4.78, 5) is 15.8. The maximum Gasteiger partial charge on any atom is 0.125 e. The number of H-pyrrole nitrogens is 1. The van der Waals surface area contributed by atoms with Crippen molar-refractivity contribution < 1.29 is 0 Å². The van der Waals surface area contributed by atoms with Gasteiger partial charge in [0.1, 0.15) is 5.82 Å². The molecule has 0 radical (unpaired) electrons. The lowest BCUT2D eigenvalue weighted by atomic mass is 9.89. The number of imidazole rings is 1. The lowest BCUT2D eigenvalue weighted by Crippen LogP contribution is -2.43. The molecular weight excluding hydrogens is 358 g/mol. The molecule has 1 fully saturated rings. The van der Waals surface area contributed by atoms with Gasteiger partial charge in [0.05, 0.1) is 22.8 Å². The lowest BCUT2D eigenvalue weighted by Gasteiger charge is -2.40. The molecule has 2 heterocycles. The minimum Gasteiger partial charge on any atom is -0.341 e. The number of para-hydroxylation sites is 2. The van der Waals surface area contributed by atoms with Gasteiger partial charge >= 0.3 is 0 Å². The molecular formula is C24H31N5. The number of aryl methyl sites for hydroxylation is 1. The van der Waals surface area contributed by atoms with E-state index in [1.165, 1.54) is 5.56 Å². The second-order valence-corrected chi connectivity index (χ2v) is 8.19. The number of nitrogens with zero attached hydrogens (tertiary/aromatic N) is 3. The van der Waals surface area contributed by atoms with Gasteiger partial charge in [-0.15, -0.1) is 6.58 Å². The summed E-state index contributed by atoms with van der Waals surface area (Å²) in [6.07, 6.45) is 9.11. The van der Waals surface area contributed by atoms with Crippen molar-refractivity contribution in [2.45, 2.75) is 63.7 Å². The van der Waals surface area contributed by atoms with Crippen molar-refractivity contribution in [2.24, 2.45) is 5.73 Å². The standard InChI is InChI=1S/C24H31N5/c1-3-7-23(24-27-20-9-4-5-10-21(20)28-24)29(19-13-11-18(25)12-14-19)16-22-17(2)8-6-15-26-22/h3-6,8-10,15,18-19,23H,1,7,11-14,16,25H2,2H3,(H,27,28). The van der Waals surface area contributed by atoms with Gasteiger partial charge in [0.25, 0.3) is 0 Å². The fraction of sp³-hybridized carbons (Fsp3) is 0.417. The minimum atomic E-state index is 0.139. The number of pyridine rings is 1. The van der Waals surface area contributed by atoms with Crippen LogP contribution in [0.15, 0.2) is 55.3 Å². The van der Waals surface area contributed by atoms with E-state index >= 15 is 0 Å². The number of fused-ring (bicyclic) bond motifs is 1. The second-order valence-electron chi connectivity index (χ2n) is 8.19. The Hall–Kier alpha value is -2.50. The first-order chi connectivity index (χ1) is 14.2.